The van der Waals surface area contributed by atoms with Gasteiger partial charge in [-0.1, -0.05) is 39.7 Å². The fraction of sp³-hybridized carbons (Fsp3) is 0.889. The fourth-order valence-electron chi connectivity index (χ4n) is 1.87. The molecule has 0 saturated carbocycles. The zero-order valence-corrected chi connectivity index (χ0v) is 14.7. The molecule has 2 unspecified atom stereocenters. The number of allylic oxidation sites excluding steroid dienone is 1. The molecule has 0 amide bonds. The highest BCUT2D eigenvalue weighted by Gasteiger charge is 2.13. The predicted octanol–water partition coefficient (Wildman–Crippen LogP) is 5.72. The van der Waals surface area contributed by atoms with Gasteiger partial charge in [-0.3, -0.25) is 0 Å². The number of hydrogen-bond acceptors (Lipinski definition) is 2. The molecule has 0 aliphatic rings. The highest BCUT2D eigenvalue weighted by atomic mass is 16.7. The third-order valence-electron chi connectivity index (χ3n) is 3.66. The number of rotatable bonds is 11. The van der Waals surface area contributed by atoms with E-state index in [9.17, 15) is 0 Å². The molecule has 0 N–H and O–H groups in total. The maximum atomic E-state index is 5.97. The van der Waals surface area contributed by atoms with E-state index in [4.69, 9.17) is 9.47 Å². The van der Waals surface area contributed by atoms with E-state index in [0.29, 0.717) is 0 Å². The topological polar surface area (TPSA) is 18.5 Å². The van der Waals surface area contributed by atoms with E-state index in [1.807, 2.05) is 0 Å². The number of hydrogen-bond donors (Lipinski definition) is 0. The minimum absolute atomic E-state index is 0.195. The zero-order chi connectivity index (χ0) is 15.5. The number of ether oxygens (including phenoxy) is 2. The predicted molar refractivity (Wildman–Crippen MR) is 87.9 cm³/mol. The van der Waals surface area contributed by atoms with Gasteiger partial charge in [0.2, 0.25) is 0 Å². The summed E-state index contributed by atoms with van der Waals surface area (Å²) in [5.41, 5.74) is 1.38. The van der Waals surface area contributed by atoms with Gasteiger partial charge in [-0.2, -0.15) is 0 Å². The lowest BCUT2D eigenvalue weighted by molar-refractivity contribution is -0.161. The van der Waals surface area contributed by atoms with Gasteiger partial charge in [0.15, 0.2) is 6.29 Å². The van der Waals surface area contributed by atoms with Gasteiger partial charge in [0.05, 0.1) is 12.2 Å². The summed E-state index contributed by atoms with van der Waals surface area (Å²) < 4.78 is 11.9. The summed E-state index contributed by atoms with van der Waals surface area (Å²) in [6.45, 7) is 15.2. The van der Waals surface area contributed by atoms with E-state index in [2.05, 4.69) is 54.5 Å². The minimum atomic E-state index is -0.195. The first-order valence-corrected chi connectivity index (χ1v) is 8.37. The van der Waals surface area contributed by atoms with Gasteiger partial charge in [0, 0.05) is 0 Å². The molecule has 0 saturated heterocycles. The zero-order valence-electron chi connectivity index (χ0n) is 14.7. The van der Waals surface area contributed by atoms with Crippen LogP contribution >= 0.6 is 0 Å². The summed E-state index contributed by atoms with van der Waals surface area (Å²) in [6, 6.07) is 0. The first-order valence-electron chi connectivity index (χ1n) is 8.37. The van der Waals surface area contributed by atoms with E-state index in [1.165, 1.54) is 18.4 Å². The standard InChI is InChI=1S/C18H36O2/c1-8-16(6)19-18(20-17(7)9-2)13-15(5)12-10-11-14(3)4/h13-14,16-18H,8-12H2,1-7H3. The van der Waals surface area contributed by atoms with E-state index in [1.54, 1.807) is 0 Å². The largest absolute Gasteiger partial charge is 0.346 e. The summed E-state index contributed by atoms with van der Waals surface area (Å²) in [5.74, 6) is 0.784. The first kappa shape index (κ1) is 19.7. The van der Waals surface area contributed by atoms with Crippen LogP contribution < -0.4 is 0 Å². The lowest BCUT2D eigenvalue weighted by atomic mass is 10.0. The third kappa shape index (κ3) is 10.4. The summed E-state index contributed by atoms with van der Waals surface area (Å²) >= 11 is 0. The average Bonchev–Trinajstić information content (AvgIpc) is 2.37. The average molecular weight is 284 g/mol. The molecule has 20 heavy (non-hydrogen) atoms. The Morgan fingerprint density at radius 3 is 1.85 bits per heavy atom. The van der Waals surface area contributed by atoms with E-state index < -0.39 is 0 Å². The van der Waals surface area contributed by atoms with Crippen molar-refractivity contribution in [3.8, 4) is 0 Å². The molecule has 0 bridgehead atoms. The molecule has 0 aromatic heterocycles. The van der Waals surface area contributed by atoms with E-state index >= 15 is 0 Å². The Bertz CT molecular complexity index is 246. The van der Waals surface area contributed by atoms with Crippen molar-refractivity contribution in [3.05, 3.63) is 11.6 Å². The Balaban J connectivity index is 4.42. The van der Waals surface area contributed by atoms with Crippen LogP contribution in [0.25, 0.3) is 0 Å². The van der Waals surface area contributed by atoms with Gasteiger partial charge >= 0.3 is 0 Å². The monoisotopic (exact) mass is 284 g/mol. The molecule has 2 atom stereocenters. The lowest BCUT2D eigenvalue weighted by Gasteiger charge is -2.23. The van der Waals surface area contributed by atoms with E-state index in [0.717, 1.165) is 25.2 Å². The summed E-state index contributed by atoms with van der Waals surface area (Å²) in [7, 11) is 0. The van der Waals surface area contributed by atoms with Crippen LogP contribution in [0.4, 0.5) is 0 Å². The van der Waals surface area contributed by atoms with Crippen molar-refractivity contribution in [2.45, 2.75) is 99.1 Å². The van der Waals surface area contributed by atoms with Crippen molar-refractivity contribution in [3.63, 3.8) is 0 Å². The van der Waals surface area contributed by atoms with Gasteiger partial charge in [-0.25, -0.2) is 0 Å². The molecule has 0 radical (unpaired) electrons. The molecular weight excluding hydrogens is 248 g/mol. The molecule has 0 aromatic rings. The van der Waals surface area contributed by atoms with Crippen LogP contribution in [0.5, 0.6) is 0 Å². The van der Waals surface area contributed by atoms with Gasteiger partial charge in [-0.05, 0) is 58.4 Å². The minimum Gasteiger partial charge on any atom is -0.346 e. The maximum absolute atomic E-state index is 5.97. The van der Waals surface area contributed by atoms with Crippen LogP contribution in [-0.2, 0) is 9.47 Å². The summed E-state index contributed by atoms with van der Waals surface area (Å²) in [5, 5.41) is 0. The van der Waals surface area contributed by atoms with Crippen LogP contribution in [0, 0.1) is 5.92 Å². The van der Waals surface area contributed by atoms with Crippen LogP contribution in [0.3, 0.4) is 0 Å². The smallest absolute Gasteiger partial charge is 0.177 e. The molecule has 2 nitrogen and oxygen atoms in total. The highest BCUT2D eigenvalue weighted by Crippen LogP contribution is 2.16. The van der Waals surface area contributed by atoms with Gasteiger partial charge in [0.25, 0.3) is 0 Å². The molecule has 0 fully saturated rings. The van der Waals surface area contributed by atoms with Crippen LogP contribution in [0.1, 0.15) is 80.6 Å². The maximum Gasteiger partial charge on any atom is 0.177 e. The molecule has 0 heterocycles. The molecule has 2 heteroatoms. The lowest BCUT2D eigenvalue weighted by Crippen LogP contribution is -2.25. The van der Waals surface area contributed by atoms with Gasteiger partial charge in [-0.15, -0.1) is 0 Å². The van der Waals surface area contributed by atoms with Crippen molar-refractivity contribution in [1.82, 2.24) is 0 Å². The first-order chi connectivity index (χ1) is 9.38. The van der Waals surface area contributed by atoms with Crippen molar-refractivity contribution in [2.24, 2.45) is 5.92 Å². The molecule has 0 aliphatic carbocycles. The van der Waals surface area contributed by atoms with Crippen LogP contribution in [0.15, 0.2) is 11.6 Å². The Kier molecular flexibility index (Phi) is 11.1. The normalized spacial score (nSPS) is 17.3. The SMILES string of the molecule is CCC(C)OC(C=C(C)CCCC(C)C)OC(C)CC. The molecule has 0 spiro atoms. The summed E-state index contributed by atoms with van der Waals surface area (Å²) in [4.78, 5) is 0. The Morgan fingerprint density at radius 2 is 1.45 bits per heavy atom. The molecule has 120 valence electrons. The second-order valence-corrected chi connectivity index (χ2v) is 6.38. The second kappa shape index (κ2) is 11.3. The van der Waals surface area contributed by atoms with Crippen molar-refractivity contribution < 1.29 is 9.47 Å². The Morgan fingerprint density at radius 1 is 0.950 bits per heavy atom. The molecule has 0 aliphatic heterocycles. The van der Waals surface area contributed by atoms with Gasteiger partial charge < -0.3 is 9.47 Å². The fourth-order valence-corrected chi connectivity index (χ4v) is 1.87. The Labute approximate surface area is 126 Å². The van der Waals surface area contributed by atoms with Gasteiger partial charge in [0.1, 0.15) is 0 Å². The molecular formula is C18H36O2. The van der Waals surface area contributed by atoms with E-state index in [-0.39, 0.29) is 18.5 Å². The molecule has 0 aromatic carbocycles. The van der Waals surface area contributed by atoms with Crippen molar-refractivity contribution in [2.75, 3.05) is 0 Å². The van der Waals surface area contributed by atoms with Crippen molar-refractivity contribution >= 4 is 0 Å². The molecule has 0 rings (SSSR count). The quantitative estimate of drug-likeness (QED) is 0.357. The summed E-state index contributed by atoms with van der Waals surface area (Å²) in [6.07, 6.45) is 8.15. The third-order valence-corrected chi connectivity index (χ3v) is 3.66. The Hall–Kier alpha value is -0.340. The van der Waals surface area contributed by atoms with Crippen molar-refractivity contribution in [1.29, 1.82) is 0 Å². The highest BCUT2D eigenvalue weighted by molar-refractivity contribution is 5.00. The van der Waals surface area contributed by atoms with Crippen LogP contribution in [-0.4, -0.2) is 18.5 Å². The van der Waals surface area contributed by atoms with Crippen LogP contribution in [0.2, 0.25) is 0 Å². The second-order valence-electron chi connectivity index (χ2n) is 6.38.